The number of amides is 2. The van der Waals surface area contributed by atoms with Crippen LogP contribution in [-0.4, -0.2) is 84.2 Å². The van der Waals surface area contributed by atoms with E-state index < -0.39 is 0 Å². The topological polar surface area (TPSA) is 55.9 Å². The first-order chi connectivity index (χ1) is 9.61. The molecule has 0 aliphatic carbocycles. The van der Waals surface area contributed by atoms with Crippen molar-refractivity contribution < 1.29 is 9.59 Å². The minimum atomic E-state index is -0.0519. The van der Waals surface area contributed by atoms with Crippen LogP contribution in [-0.2, 0) is 9.59 Å². The molecule has 0 aromatic rings. The van der Waals surface area contributed by atoms with Crippen molar-refractivity contribution in [3.05, 3.63) is 0 Å². The Hall–Kier alpha value is -0.790. The quantitative estimate of drug-likeness (QED) is 0.655. The third-order valence-electron chi connectivity index (χ3n) is 3.97. The zero-order valence-electron chi connectivity index (χ0n) is 12.0. The Balaban J connectivity index is 1.75. The van der Waals surface area contributed by atoms with Crippen molar-refractivity contribution in [3.63, 3.8) is 0 Å². The van der Waals surface area contributed by atoms with Crippen molar-refractivity contribution >= 4 is 24.4 Å². The molecule has 2 rings (SSSR count). The molecule has 1 unspecified atom stereocenters. The number of thiol groups is 1. The highest BCUT2D eigenvalue weighted by atomic mass is 32.1. The Labute approximate surface area is 125 Å². The minimum absolute atomic E-state index is 0.0519. The molecule has 0 saturated carbocycles. The maximum atomic E-state index is 11.8. The first-order valence-electron chi connectivity index (χ1n) is 7.30. The zero-order chi connectivity index (χ0) is 14.5. The normalized spacial score (nSPS) is 23.3. The Kier molecular flexibility index (Phi) is 5.68. The van der Waals surface area contributed by atoms with Gasteiger partial charge < -0.3 is 15.1 Å². The molecule has 0 radical (unpaired) electrons. The van der Waals surface area contributed by atoms with Gasteiger partial charge in [0, 0.05) is 39.3 Å². The van der Waals surface area contributed by atoms with Crippen LogP contribution in [0.2, 0.25) is 0 Å². The van der Waals surface area contributed by atoms with Crippen molar-refractivity contribution in [2.24, 2.45) is 0 Å². The number of rotatable bonds is 5. The molecule has 0 aromatic carbocycles. The highest BCUT2D eigenvalue weighted by molar-refractivity contribution is 7.80. The summed E-state index contributed by atoms with van der Waals surface area (Å²) in [6.45, 7) is 7.77. The predicted molar refractivity (Wildman–Crippen MR) is 80.7 cm³/mol. The van der Waals surface area contributed by atoms with Crippen molar-refractivity contribution in [2.75, 3.05) is 52.4 Å². The van der Waals surface area contributed by atoms with Gasteiger partial charge in [-0.2, -0.15) is 12.6 Å². The molecular weight excluding hydrogens is 276 g/mol. The van der Waals surface area contributed by atoms with Crippen molar-refractivity contribution in [1.29, 1.82) is 0 Å². The third-order valence-corrected chi connectivity index (χ3v) is 4.51. The van der Waals surface area contributed by atoms with Crippen LogP contribution >= 0.6 is 12.6 Å². The molecule has 2 saturated heterocycles. The van der Waals surface area contributed by atoms with Gasteiger partial charge in [0.1, 0.15) is 0 Å². The molecule has 114 valence electrons. The summed E-state index contributed by atoms with van der Waals surface area (Å²) in [5, 5.41) is 3.00. The second-order valence-electron chi connectivity index (χ2n) is 5.28. The van der Waals surface area contributed by atoms with E-state index in [-0.39, 0.29) is 17.2 Å². The van der Waals surface area contributed by atoms with Crippen LogP contribution in [0.15, 0.2) is 0 Å². The van der Waals surface area contributed by atoms with Crippen molar-refractivity contribution in [3.8, 4) is 0 Å². The maximum absolute atomic E-state index is 11.8. The van der Waals surface area contributed by atoms with Gasteiger partial charge in [-0.05, 0) is 13.3 Å². The highest BCUT2D eigenvalue weighted by Crippen LogP contribution is 2.13. The Bertz CT molecular complexity index is 366. The van der Waals surface area contributed by atoms with Gasteiger partial charge in [-0.3, -0.25) is 14.5 Å². The summed E-state index contributed by atoms with van der Waals surface area (Å²) < 4.78 is 0. The molecule has 7 heteroatoms. The number of carbonyl (C=O) groups is 2. The van der Waals surface area contributed by atoms with Crippen molar-refractivity contribution in [1.82, 2.24) is 20.0 Å². The summed E-state index contributed by atoms with van der Waals surface area (Å²) in [7, 11) is 0. The summed E-state index contributed by atoms with van der Waals surface area (Å²) in [4.78, 5) is 29.5. The van der Waals surface area contributed by atoms with Crippen molar-refractivity contribution in [2.45, 2.75) is 18.7 Å². The lowest BCUT2D eigenvalue weighted by Gasteiger charge is -2.36. The average molecular weight is 300 g/mol. The van der Waals surface area contributed by atoms with E-state index in [0.29, 0.717) is 13.1 Å². The fraction of sp³-hybridized carbons (Fsp3) is 0.846. The molecule has 2 aliphatic rings. The van der Waals surface area contributed by atoms with Gasteiger partial charge >= 0.3 is 0 Å². The van der Waals surface area contributed by atoms with E-state index in [1.165, 1.54) is 0 Å². The number of piperazine rings is 2. The largest absolute Gasteiger partial charge is 0.341 e. The van der Waals surface area contributed by atoms with Crippen LogP contribution in [0.3, 0.4) is 0 Å². The van der Waals surface area contributed by atoms with Gasteiger partial charge in [0.25, 0.3) is 0 Å². The monoisotopic (exact) mass is 300 g/mol. The van der Waals surface area contributed by atoms with Crippen LogP contribution in [0, 0.1) is 0 Å². The molecule has 2 aliphatic heterocycles. The molecular formula is C13H24N4O2S. The van der Waals surface area contributed by atoms with Gasteiger partial charge in [-0.25, -0.2) is 0 Å². The fourth-order valence-electron chi connectivity index (χ4n) is 2.67. The SMILES string of the molecule is CCN1CCN(CCC(S)N2CCNCC2=O)CC1=O. The minimum Gasteiger partial charge on any atom is -0.341 e. The molecule has 1 N–H and O–H groups in total. The van der Waals surface area contributed by atoms with Crippen LogP contribution in [0.1, 0.15) is 13.3 Å². The summed E-state index contributed by atoms with van der Waals surface area (Å²) in [5.41, 5.74) is 0. The van der Waals surface area contributed by atoms with E-state index in [9.17, 15) is 9.59 Å². The van der Waals surface area contributed by atoms with Crippen LogP contribution in [0.5, 0.6) is 0 Å². The third kappa shape index (κ3) is 3.86. The summed E-state index contributed by atoms with van der Waals surface area (Å²) in [5.74, 6) is 0.316. The number of nitrogens with zero attached hydrogens (tertiary/aromatic N) is 3. The number of hydrogen-bond donors (Lipinski definition) is 2. The fourth-order valence-corrected chi connectivity index (χ4v) is 3.03. The molecule has 0 bridgehead atoms. The first-order valence-corrected chi connectivity index (χ1v) is 7.82. The van der Waals surface area contributed by atoms with E-state index in [4.69, 9.17) is 0 Å². The molecule has 0 aromatic heterocycles. The second-order valence-corrected chi connectivity index (χ2v) is 5.88. The van der Waals surface area contributed by atoms with Gasteiger partial charge in [-0.1, -0.05) is 0 Å². The molecule has 0 spiro atoms. The first kappa shape index (κ1) is 15.6. The average Bonchev–Trinajstić information content (AvgIpc) is 2.45. The lowest BCUT2D eigenvalue weighted by molar-refractivity contribution is -0.136. The van der Waals surface area contributed by atoms with Crippen LogP contribution < -0.4 is 5.32 Å². The molecule has 2 heterocycles. The summed E-state index contributed by atoms with van der Waals surface area (Å²) in [6, 6.07) is 0. The second kappa shape index (κ2) is 7.28. The van der Waals surface area contributed by atoms with Crippen LogP contribution in [0.4, 0.5) is 0 Å². The van der Waals surface area contributed by atoms with E-state index >= 15 is 0 Å². The van der Waals surface area contributed by atoms with E-state index in [1.807, 2.05) is 16.7 Å². The number of carbonyl (C=O) groups excluding carboxylic acids is 2. The lowest BCUT2D eigenvalue weighted by atomic mass is 10.2. The van der Waals surface area contributed by atoms with Crippen LogP contribution in [0.25, 0.3) is 0 Å². The Morgan fingerprint density at radius 2 is 2.05 bits per heavy atom. The molecule has 1 atom stereocenters. The number of hydrogen-bond acceptors (Lipinski definition) is 5. The Morgan fingerprint density at radius 3 is 2.70 bits per heavy atom. The zero-order valence-corrected chi connectivity index (χ0v) is 12.9. The summed E-state index contributed by atoms with van der Waals surface area (Å²) >= 11 is 4.55. The molecule has 2 fully saturated rings. The smallest absolute Gasteiger partial charge is 0.237 e. The van der Waals surface area contributed by atoms with Gasteiger partial charge in [-0.15, -0.1) is 0 Å². The van der Waals surface area contributed by atoms with Gasteiger partial charge in [0.15, 0.2) is 0 Å². The van der Waals surface area contributed by atoms with Gasteiger partial charge in [0.2, 0.25) is 11.8 Å². The Morgan fingerprint density at radius 1 is 1.25 bits per heavy atom. The maximum Gasteiger partial charge on any atom is 0.237 e. The highest BCUT2D eigenvalue weighted by Gasteiger charge is 2.26. The van der Waals surface area contributed by atoms with Gasteiger partial charge in [0.05, 0.1) is 18.5 Å². The standard InChI is InChI=1S/C13H24N4O2S/c1-2-16-8-7-15(10-12(16)19)5-3-13(20)17-6-4-14-9-11(17)18/h13-14,20H,2-10H2,1H3. The molecule has 2 amide bonds. The van der Waals surface area contributed by atoms with E-state index in [1.54, 1.807) is 0 Å². The predicted octanol–water partition coefficient (Wildman–Crippen LogP) is -0.772. The number of nitrogens with one attached hydrogen (secondary N) is 1. The number of likely N-dealkylation sites (N-methyl/N-ethyl adjacent to an activating group) is 1. The molecule has 20 heavy (non-hydrogen) atoms. The summed E-state index contributed by atoms with van der Waals surface area (Å²) in [6.07, 6.45) is 0.800. The van der Waals surface area contributed by atoms with E-state index in [0.717, 1.165) is 45.7 Å². The van der Waals surface area contributed by atoms with E-state index in [2.05, 4.69) is 22.8 Å². The molecule has 6 nitrogen and oxygen atoms in total. The lowest BCUT2D eigenvalue weighted by Crippen LogP contribution is -2.53.